The van der Waals surface area contributed by atoms with E-state index >= 15 is 0 Å². The average Bonchev–Trinajstić information content (AvgIpc) is 3.78. The fourth-order valence-electron chi connectivity index (χ4n) is 8.89. The van der Waals surface area contributed by atoms with Gasteiger partial charge in [0.25, 0.3) is 0 Å². The van der Waals surface area contributed by atoms with Gasteiger partial charge in [-0.25, -0.2) is 9.97 Å². The fourth-order valence-corrected chi connectivity index (χ4v) is 8.89. The lowest BCUT2D eigenvalue weighted by Gasteiger charge is -2.15. The quantitative estimate of drug-likeness (QED) is 0.170. The van der Waals surface area contributed by atoms with Crippen molar-refractivity contribution in [1.29, 1.82) is 0 Å². The molecule has 0 bridgehead atoms. The van der Waals surface area contributed by atoms with Crippen molar-refractivity contribution >= 4 is 76.2 Å². The van der Waals surface area contributed by atoms with Crippen molar-refractivity contribution in [3.8, 4) is 33.9 Å². The van der Waals surface area contributed by atoms with Gasteiger partial charge in [-0.3, -0.25) is 4.57 Å². The summed E-state index contributed by atoms with van der Waals surface area (Å²) in [7, 11) is 0. The van der Waals surface area contributed by atoms with E-state index in [4.69, 9.17) is 9.97 Å². The number of para-hydroxylation sites is 2. The summed E-state index contributed by atoms with van der Waals surface area (Å²) in [6.45, 7) is 0. The van der Waals surface area contributed by atoms with Crippen LogP contribution in [0.25, 0.3) is 110 Å². The molecule has 0 aliphatic rings. The molecule has 0 spiro atoms. The van der Waals surface area contributed by atoms with Gasteiger partial charge in [-0.1, -0.05) is 158 Å². The van der Waals surface area contributed by atoms with Crippen LogP contribution in [0.3, 0.4) is 0 Å². The van der Waals surface area contributed by atoms with Crippen molar-refractivity contribution in [2.75, 3.05) is 0 Å². The summed E-state index contributed by atoms with van der Waals surface area (Å²) in [5.41, 5.74) is 11.7. The molecule has 0 aliphatic heterocycles. The third-order valence-corrected chi connectivity index (χ3v) is 11.5. The van der Waals surface area contributed by atoms with Crippen LogP contribution < -0.4 is 0 Å². The first-order valence-electron chi connectivity index (χ1n) is 19.1. The summed E-state index contributed by atoms with van der Waals surface area (Å²) in [4.78, 5) is 11.1. The first kappa shape index (κ1) is 30.9. The van der Waals surface area contributed by atoms with Crippen LogP contribution in [0, 0.1) is 0 Å². The first-order chi connectivity index (χ1) is 27.8. The Hall–Kier alpha value is -7.56. The van der Waals surface area contributed by atoms with Crippen molar-refractivity contribution in [2.24, 2.45) is 0 Å². The van der Waals surface area contributed by atoms with Crippen LogP contribution in [-0.2, 0) is 0 Å². The zero-order valence-electron chi connectivity index (χ0n) is 30.3. The third-order valence-electron chi connectivity index (χ3n) is 11.5. The van der Waals surface area contributed by atoms with Gasteiger partial charge in [0.15, 0.2) is 5.82 Å². The molecule has 0 aliphatic carbocycles. The Morgan fingerprint density at radius 1 is 0.339 bits per heavy atom. The molecule has 0 amide bonds. The largest absolute Gasteiger partial charge is 0.309 e. The average molecular weight is 713 g/mol. The van der Waals surface area contributed by atoms with Crippen LogP contribution in [-0.4, -0.2) is 19.1 Å². The van der Waals surface area contributed by atoms with Gasteiger partial charge < -0.3 is 4.57 Å². The monoisotopic (exact) mass is 712 g/mol. The van der Waals surface area contributed by atoms with Gasteiger partial charge in [-0.05, 0) is 58.3 Å². The summed E-state index contributed by atoms with van der Waals surface area (Å²) in [6, 6.07) is 69.5. The van der Waals surface area contributed by atoms with E-state index in [0.717, 1.165) is 61.2 Å². The summed E-state index contributed by atoms with van der Waals surface area (Å²) >= 11 is 0. The smallest absolute Gasteiger partial charge is 0.165 e. The van der Waals surface area contributed by atoms with E-state index in [1.165, 1.54) is 48.9 Å². The van der Waals surface area contributed by atoms with Gasteiger partial charge in [0.05, 0.1) is 33.1 Å². The van der Waals surface area contributed by atoms with Crippen LogP contribution >= 0.6 is 0 Å². The first-order valence-corrected chi connectivity index (χ1v) is 19.1. The van der Waals surface area contributed by atoms with Gasteiger partial charge in [-0.2, -0.15) is 0 Å². The lowest BCUT2D eigenvalue weighted by molar-refractivity contribution is 1.08. The van der Waals surface area contributed by atoms with Crippen molar-refractivity contribution in [3.63, 3.8) is 0 Å². The molecule has 3 aromatic heterocycles. The third kappa shape index (κ3) is 4.53. The molecule has 0 N–H and O–H groups in total. The Balaban J connectivity index is 1.21. The highest BCUT2D eigenvalue weighted by atomic mass is 15.1. The van der Waals surface area contributed by atoms with Gasteiger partial charge >= 0.3 is 0 Å². The number of rotatable bonds is 4. The molecule has 12 aromatic rings. The lowest BCUT2D eigenvalue weighted by atomic mass is 10.0. The molecular weight excluding hydrogens is 681 g/mol. The van der Waals surface area contributed by atoms with Crippen LogP contribution in [0.1, 0.15) is 0 Å². The molecule has 0 saturated carbocycles. The van der Waals surface area contributed by atoms with E-state index in [-0.39, 0.29) is 0 Å². The maximum atomic E-state index is 5.63. The molecular formula is C52H32N4. The van der Waals surface area contributed by atoms with Gasteiger partial charge in [0, 0.05) is 43.6 Å². The van der Waals surface area contributed by atoms with Crippen LogP contribution in [0.5, 0.6) is 0 Å². The molecule has 4 nitrogen and oxygen atoms in total. The van der Waals surface area contributed by atoms with Crippen molar-refractivity contribution in [1.82, 2.24) is 19.1 Å². The molecule has 3 heterocycles. The highest BCUT2D eigenvalue weighted by Crippen LogP contribution is 2.43. The van der Waals surface area contributed by atoms with E-state index < -0.39 is 0 Å². The van der Waals surface area contributed by atoms with Crippen molar-refractivity contribution in [2.45, 2.75) is 0 Å². The Bertz CT molecular complexity index is 3510. The van der Waals surface area contributed by atoms with Crippen LogP contribution in [0.2, 0.25) is 0 Å². The topological polar surface area (TPSA) is 35.6 Å². The van der Waals surface area contributed by atoms with Crippen molar-refractivity contribution < 1.29 is 0 Å². The van der Waals surface area contributed by atoms with Gasteiger partial charge in [-0.15, -0.1) is 0 Å². The molecule has 0 radical (unpaired) electrons. The maximum absolute atomic E-state index is 5.63. The maximum Gasteiger partial charge on any atom is 0.165 e. The summed E-state index contributed by atoms with van der Waals surface area (Å²) in [5.74, 6) is 0.809. The standard InChI is InChI=1S/C52H32N4/c1-3-13-33(14-4-1)34-23-25-37(26-24-34)49-52(54-50-39-19-9-7-15-35(39)28-30-45(50)53-49)56-46-22-12-11-21-41(46)43-31-47-44(32-48(43)56)42-29-27-36-16-8-10-20-40(36)51(42)55(47)38-17-5-2-6-18-38/h1-32H. The van der Waals surface area contributed by atoms with E-state index in [0.29, 0.717) is 0 Å². The molecule has 260 valence electrons. The summed E-state index contributed by atoms with van der Waals surface area (Å²) in [6.07, 6.45) is 0. The molecule has 9 aromatic carbocycles. The van der Waals surface area contributed by atoms with Gasteiger partial charge in [0.1, 0.15) is 5.69 Å². The molecule has 0 fully saturated rings. The molecule has 0 atom stereocenters. The minimum Gasteiger partial charge on any atom is -0.309 e. The molecule has 4 heteroatoms. The summed E-state index contributed by atoms with van der Waals surface area (Å²) < 4.78 is 4.80. The van der Waals surface area contributed by atoms with Crippen molar-refractivity contribution in [3.05, 3.63) is 194 Å². The number of hydrogen-bond donors (Lipinski definition) is 0. The van der Waals surface area contributed by atoms with E-state index in [2.05, 4.69) is 203 Å². The Morgan fingerprint density at radius 3 is 1.70 bits per heavy atom. The van der Waals surface area contributed by atoms with Crippen LogP contribution in [0.4, 0.5) is 0 Å². The summed E-state index contributed by atoms with van der Waals surface area (Å²) in [5, 5.41) is 9.44. The Kier molecular flexibility index (Phi) is 6.60. The van der Waals surface area contributed by atoms with Gasteiger partial charge in [0.2, 0.25) is 0 Å². The van der Waals surface area contributed by atoms with E-state index in [9.17, 15) is 0 Å². The number of aromatic nitrogens is 4. The lowest BCUT2D eigenvalue weighted by Crippen LogP contribution is -2.04. The highest BCUT2D eigenvalue weighted by Gasteiger charge is 2.23. The molecule has 12 rings (SSSR count). The van der Waals surface area contributed by atoms with E-state index in [1.54, 1.807) is 0 Å². The fraction of sp³-hybridized carbons (Fsp3) is 0. The molecule has 0 unspecified atom stereocenters. The second-order valence-electron chi connectivity index (χ2n) is 14.6. The zero-order chi connectivity index (χ0) is 36.7. The second-order valence-corrected chi connectivity index (χ2v) is 14.6. The number of nitrogens with zero attached hydrogens (tertiary/aromatic N) is 4. The second kappa shape index (κ2) is 12.0. The predicted molar refractivity (Wildman–Crippen MR) is 234 cm³/mol. The zero-order valence-corrected chi connectivity index (χ0v) is 30.3. The minimum absolute atomic E-state index is 0.809. The molecule has 56 heavy (non-hydrogen) atoms. The normalized spacial score (nSPS) is 11.9. The highest BCUT2D eigenvalue weighted by molar-refractivity contribution is 6.23. The van der Waals surface area contributed by atoms with E-state index in [1.807, 2.05) is 0 Å². The SMILES string of the molecule is c1ccc(-c2ccc(-c3nc4ccc5ccccc5c4nc3-n3c4ccccc4c4cc5c(cc43)c3ccc4ccccc4c3n5-c3ccccc3)cc2)cc1. The Morgan fingerprint density at radius 2 is 0.911 bits per heavy atom. The predicted octanol–water partition coefficient (Wildman–Crippen LogP) is 13.5. The van der Waals surface area contributed by atoms with Crippen LogP contribution in [0.15, 0.2) is 194 Å². The minimum atomic E-state index is 0.809. The number of hydrogen-bond acceptors (Lipinski definition) is 2. The number of fused-ring (bicyclic) bond motifs is 11. The Labute approximate surface area is 322 Å². The number of benzene rings is 9. The molecule has 0 saturated heterocycles.